The highest BCUT2D eigenvalue weighted by Gasteiger charge is 2.11. The highest BCUT2D eigenvalue weighted by atomic mass is 16.5. The van der Waals surface area contributed by atoms with E-state index >= 15 is 0 Å². The molecule has 0 aromatic heterocycles. The van der Waals surface area contributed by atoms with Crippen LogP contribution >= 0.6 is 0 Å². The lowest BCUT2D eigenvalue weighted by Crippen LogP contribution is -2.38. The number of carbonyl (C=O) groups excluding carboxylic acids is 1. The van der Waals surface area contributed by atoms with E-state index in [1.165, 1.54) is 6.92 Å². The molecule has 1 aliphatic rings. The number of morpholine rings is 1. The summed E-state index contributed by atoms with van der Waals surface area (Å²) in [5.41, 5.74) is 0. The van der Waals surface area contributed by atoms with Crippen LogP contribution in [0.2, 0.25) is 0 Å². The molecule has 1 fully saturated rings. The molecular formula is C10H21NO4. The van der Waals surface area contributed by atoms with Crippen LogP contribution in [-0.2, 0) is 14.3 Å². The summed E-state index contributed by atoms with van der Waals surface area (Å²) in [4.78, 5) is 9.82. The maximum Gasteiger partial charge on any atom is 0.302 e. The third-order valence-corrected chi connectivity index (χ3v) is 1.80. The summed E-state index contributed by atoms with van der Waals surface area (Å²) < 4.78 is 9.70. The van der Waals surface area contributed by atoms with E-state index in [1.807, 2.05) is 0 Å². The number of hydrogen-bond donors (Lipinski definition) is 2. The van der Waals surface area contributed by atoms with Crippen molar-refractivity contribution < 1.29 is 19.4 Å². The minimum absolute atomic E-state index is 0.211. The van der Waals surface area contributed by atoms with Gasteiger partial charge in [-0.05, 0) is 13.3 Å². The van der Waals surface area contributed by atoms with Gasteiger partial charge in [0, 0.05) is 26.6 Å². The fraction of sp³-hybridized carbons (Fsp3) is 0.900. The maximum absolute atomic E-state index is 9.82. The fourth-order valence-corrected chi connectivity index (χ4v) is 1.15. The summed E-state index contributed by atoms with van der Waals surface area (Å²) in [6.07, 6.45) is 0.997. The number of carbonyl (C=O) groups is 1. The summed E-state index contributed by atoms with van der Waals surface area (Å²) in [7, 11) is 0. The van der Waals surface area contributed by atoms with Crippen LogP contribution in [0.15, 0.2) is 0 Å². The van der Waals surface area contributed by atoms with Gasteiger partial charge in [-0.3, -0.25) is 4.79 Å². The fourth-order valence-electron chi connectivity index (χ4n) is 1.15. The molecule has 1 saturated heterocycles. The number of ether oxygens (including phenoxy) is 2. The summed E-state index contributed by atoms with van der Waals surface area (Å²) >= 11 is 0. The van der Waals surface area contributed by atoms with Gasteiger partial charge >= 0.3 is 5.97 Å². The number of hydrogen-bond acceptors (Lipinski definition) is 5. The van der Waals surface area contributed by atoms with E-state index in [-0.39, 0.29) is 18.7 Å². The summed E-state index contributed by atoms with van der Waals surface area (Å²) in [5.74, 6) is -0.211. The molecule has 5 nitrogen and oxygen atoms in total. The molecule has 1 aliphatic heterocycles. The molecule has 5 heteroatoms. The number of esters is 1. The first kappa shape index (κ1) is 14.3. The van der Waals surface area contributed by atoms with Crippen molar-refractivity contribution in [1.29, 1.82) is 0 Å². The average molecular weight is 219 g/mol. The third-order valence-electron chi connectivity index (χ3n) is 1.80. The largest absolute Gasteiger partial charge is 0.466 e. The van der Waals surface area contributed by atoms with E-state index in [0.29, 0.717) is 6.61 Å². The Morgan fingerprint density at radius 2 is 2.40 bits per heavy atom. The van der Waals surface area contributed by atoms with Gasteiger partial charge in [-0.2, -0.15) is 0 Å². The van der Waals surface area contributed by atoms with E-state index in [4.69, 9.17) is 9.84 Å². The predicted octanol–water partition coefficient (Wildman–Crippen LogP) is -0.0734. The van der Waals surface area contributed by atoms with E-state index in [2.05, 4.69) is 10.1 Å². The molecule has 90 valence electrons. The summed E-state index contributed by atoms with van der Waals surface area (Å²) in [5, 5.41) is 11.7. The van der Waals surface area contributed by atoms with E-state index in [0.717, 1.165) is 26.1 Å². The molecule has 0 radical (unpaired) electrons. The van der Waals surface area contributed by atoms with Crippen LogP contribution in [0.25, 0.3) is 0 Å². The second kappa shape index (κ2) is 9.89. The molecule has 0 aliphatic carbocycles. The Balaban J connectivity index is 0.000000288. The molecule has 1 rings (SSSR count). The molecule has 0 amide bonds. The molecule has 1 atom stereocenters. The second-order valence-electron chi connectivity index (χ2n) is 3.13. The van der Waals surface area contributed by atoms with Crippen molar-refractivity contribution in [3.63, 3.8) is 0 Å². The number of aliphatic hydroxyl groups excluding tert-OH is 1. The van der Waals surface area contributed by atoms with Crippen molar-refractivity contribution >= 4 is 5.97 Å². The van der Waals surface area contributed by atoms with Crippen molar-refractivity contribution in [2.45, 2.75) is 26.4 Å². The SMILES string of the molecule is CCOC(C)=O.OCCC1CNCCO1. The van der Waals surface area contributed by atoms with Crippen LogP contribution in [0.4, 0.5) is 0 Å². The number of rotatable bonds is 3. The molecule has 0 saturated carbocycles. The van der Waals surface area contributed by atoms with Gasteiger partial charge in [0.1, 0.15) is 0 Å². The van der Waals surface area contributed by atoms with Gasteiger partial charge in [-0.15, -0.1) is 0 Å². The minimum Gasteiger partial charge on any atom is -0.466 e. The maximum atomic E-state index is 9.82. The second-order valence-corrected chi connectivity index (χ2v) is 3.13. The smallest absolute Gasteiger partial charge is 0.302 e. The zero-order valence-corrected chi connectivity index (χ0v) is 9.49. The lowest BCUT2D eigenvalue weighted by molar-refractivity contribution is -0.140. The van der Waals surface area contributed by atoms with Crippen LogP contribution in [0.1, 0.15) is 20.3 Å². The zero-order chi connectivity index (χ0) is 11.5. The highest BCUT2D eigenvalue weighted by molar-refractivity contribution is 5.65. The van der Waals surface area contributed by atoms with Gasteiger partial charge in [0.25, 0.3) is 0 Å². The molecule has 15 heavy (non-hydrogen) atoms. The van der Waals surface area contributed by atoms with Crippen LogP contribution in [0, 0.1) is 0 Å². The van der Waals surface area contributed by atoms with E-state index in [1.54, 1.807) is 6.92 Å². The van der Waals surface area contributed by atoms with Crippen molar-refractivity contribution in [2.75, 3.05) is 32.9 Å². The van der Waals surface area contributed by atoms with Gasteiger partial charge in [0.2, 0.25) is 0 Å². The van der Waals surface area contributed by atoms with Crippen LogP contribution in [0.3, 0.4) is 0 Å². The average Bonchev–Trinajstić information content (AvgIpc) is 2.20. The Morgan fingerprint density at radius 1 is 1.67 bits per heavy atom. The Bertz CT molecular complexity index is 155. The highest BCUT2D eigenvalue weighted by Crippen LogP contribution is 1.98. The zero-order valence-electron chi connectivity index (χ0n) is 9.49. The monoisotopic (exact) mass is 219 g/mol. The predicted molar refractivity (Wildman–Crippen MR) is 56.6 cm³/mol. The third kappa shape index (κ3) is 9.65. The minimum atomic E-state index is -0.211. The van der Waals surface area contributed by atoms with Gasteiger partial charge < -0.3 is 19.9 Å². The van der Waals surface area contributed by atoms with Crippen molar-refractivity contribution in [2.24, 2.45) is 0 Å². The first-order valence-electron chi connectivity index (χ1n) is 5.27. The number of aliphatic hydroxyl groups is 1. The van der Waals surface area contributed by atoms with Crippen molar-refractivity contribution in [1.82, 2.24) is 5.32 Å². The first-order chi connectivity index (χ1) is 7.20. The molecule has 2 N–H and O–H groups in total. The molecule has 0 aromatic rings. The van der Waals surface area contributed by atoms with Gasteiger partial charge in [-0.25, -0.2) is 0 Å². The van der Waals surface area contributed by atoms with Gasteiger partial charge in [-0.1, -0.05) is 0 Å². The molecule has 1 heterocycles. The molecule has 0 aromatic carbocycles. The Morgan fingerprint density at radius 3 is 2.73 bits per heavy atom. The quantitative estimate of drug-likeness (QED) is 0.650. The van der Waals surface area contributed by atoms with Crippen molar-refractivity contribution in [3.05, 3.63) is 0 Å². The Labute approximate surface area is 90.8 Å². The van der Waals surface area contributed by atoms with E-state index in [9.17, 15) is 4.79 Å². The van der Waals surface area contributed by atoms with Gasteiger partial charge in [0.05, 0.1) is 19.3 Å². The van der Waals surface area contributed by atoms with E-state index < -0.39 is 0 Å². The Hall–Kier alpha value is -0.650. The lowest BCUT2D eigenvalue weighted by Gasteiger charge is -2.22. The van der Waals surface area contributed by atoms with Crippen LogP contribution in [-0.4, -0.2) is 50.1 Å². The molecule has 0 spiro atoms. The molecule has 1 unspecified atom stereocenters. The number of nitrogens with one attached hydrogen (secondary N) is 1. The standard InChI is InChI=1S/C6H13NO2.C4H8O2/c8-3-1-6-5-7-2-4-9-6;1-3-6-4(2)5/h6-8H,1-5H2;3H2,1-2H3. The van der Waals surface area contributed by atoms with Gasteiger partial charge in [0.15, 0.2) is 0 Å². The topological polar surface area (TPSA) is 67.8 Å². The van der Waals surface area contributed by atoms with Crippen LogP contribution in [0.5, 0.6) is 0 Å². The molecular weight excluding hydrogens is 198 g/mol. The summed E-state index contributed by atoms with van der Waals surface area (Å²) in [6.45, 7) is 6.50. The normalized spacial score (nSPS) is 20.1. The first-order valence-corrected chi connectivity index (χ1v) is 5.27. The lowest BCUT2D eigenvalue weighted by atomic mass is 10.2. The summed E-state index contributed by atoms with van der Waals surface area (Å²) in [6, 6.07) is 0. The molecule has 0 bridgehead atoms. The Kier molecular flexibility index (Phi) is 9.46. The van der Waals surface area contributed by atoms with Crippen molar-refractivity contribution in [3.8, 4) is 0 Å². The van der Waals surface area contributed by atoms with Crippen LogP contribution < -0.4 is 5.32 Å².